The number of carbonyl (C=O) groups is 1. The Morgan fingerprint density at radius 2 is 1.94 bits per heavy atom. The molecule has 4 aromatic rings. The van der Waals surface area contributed by atoms with Crippen LogP contribution in [0.1, 0.15) is 29.3 Å². The average Bonchev–Trinajstić information content (AvgIpc) is 3.34. The molecule has 0 spiro atoms. The summed E-state index contributed by atoms with van der Waals surface area (Å²) in [6.45, 7) is 4.41. The van der Waals surface area contributed by atoms with E-state index < -0.39 is 5.97 Å². The van der Waals surface area contributed by atoms with Crippen LogP contribution in [0.2, 0.25) is 0 Å². The number of aryl methyl sites for hydroxylation is 1. The number of aromatic amines is 2. The molecule has 0 radical (unpaired) electrons. The molecule has 4 rings (SSSR count). The Morgan fingerprint density at radius 3 is 2.69 bits per heavy atom. The summed E-state index contributed by atoms with van der Waals surface area (Å²) in [7, 11) is 1.33. The topological polar surface area (TPSA) is 92.2 Å². The molecule has 0 aliphatic rings. The summed E-state index contributed by atoms with van der Waals surface area (Å²) in [4.78, 5) is 33.1. The van der Waals surface area contributed by atoms with Gasteiger partial charge in [0.1, 0.15) is 0 Å². The van der Waals surface area contributed by atoms with Crippen LogP contribution in [-0.2, 0) is 22.4 Å². The van der Waals surface area contributed by atoms with Gasteiger partial charge in [-0.2, -0.15) is 0 Å². The molecule has 32 heavy (non-hydrogen) atoms. The summed E-state index contributed by atoms with van der Waals surface area (Å²) in [6.07, 6.45) is 2.72. The highest BCUT2D eigenvalue weighted by atomic mass is 16.5. The van der Waals surface area contributed by atoms with Crippen molar-refractivity contribution in [3.8, 4) is 5.69 Å². The Bertz CT molecular complexity index is 1340. The minimum atomic E-state index is -0.422. The second kappa shape index (κ2) is 9.09. The third-order valence-corrected chi connectivity index (χ3v) is 5.54. The zero-order chi connectivity index (χ0) is 22.7. The lowest BCUT2D eigenvalue weighted by molar-refractivity contribution is -0.139. The maximum absolute atomic E-state index is 13.2. The van der Waals surface area contributed by atoms with Crippen molar-refractivity contribution in [2.75, 3.05) is 13.7 Å². The quantitative estimate of drug-likeness (QED) is 0.346. The molecule has 0 saturated carbocycles. The van der Waals surface area contributed by atoms with Gasteiger partial charge in [0.2, 0.25) is 0 Å². The number of H-pyrrole nitrogens is 2. The maximum atomic E-state index is 13.2. The van der Waals surface area contributed by atoms with E-state index in [0.29, 0.717) is 29.2 Å². The molecule has 0 aliphatic heterocycles. The zero-order valence-electron chi connectivity index (χ0n) is 18.4. The monoisotopic (exact) mass is 430 g/mol. The van der Waals surface area contributed by atoms with E-state index in [2.05, 4.69) is 40.2 Å². The number of aromatic nitrogens is 3. The molecule has 2 N–H and O–H groups in total. The number of methoxy groups -OCH3 is 1. The Kier molecular flexibility index (Phi) is 6.07. The van der Waals surface area contributed by atoms with Gasteiger partial charge in [-0.3, -0.25) is 19.7 Å². The van der Waals surface area contributed by atoms with Crippen molar-refractivity contribution in [2.24, 2.45) is 4.99 Å². The lowest BCUT2D eigenvalue weighted by Crippen LogP contribution is -2.20. The summed E-state index contributed by atoms with van der Waals surface area (Å²) in [5, 5.41) is 4.26. The van der Waals surface area contributed by atoms with Gasteiger partial charge in [0, 0.05) is 29.4 Å². The number of nitrogens with zero attached hydrogens (tertiary/aromatic N) is 2. The fraction of sp³-hybridized carbons (Fsp3) is 0.240. The van der Waals surface area contributed by atoms with E-state index in [0.717, 1.165) is 11.9 Å². The maximum Gasteiger partial charge on any atom is 0.311 e. The van der Waals surface area contributed by atoms with Crippen LogP contribution in [0.25, 0.3) is 16.6 Å². The molecule has 0 fully saturated rings. The number of rotatable bonds is 7. The summed E-state index contributed by atoms with van der Waals surface area (Å²) in [5.74, 6) is -0.422. The SMILES string of the molecule is COC(=O)Cc1[nH]n(-c2ccccc2)c(=O)c1C(C)=NCCc1c[nH]c2ccc(C)cc12. The zero-order valence-corrected chi connectivity index (χ0v) is 18.4. The van der Waals surface area contributed by atoms with Crippen molar-refractivity contribution in [1.82, 2.24) is 14.8 Å². The standard InChI is InChI=1S/C25H26N4O3/c1-16-9-10-21-20(13-16)18(15-27-21)11-12-26-17(2)24-22(14-23(30)32-3)28-29(25(24)31)19-7-5-4-6-8-19/h4-10,13,15,27-28H,11-12,14H2,1-3H3. The van der Waals surface area contributed by atoms with Gasteiger partial charge < -0.3 is 9.72 Å². The molecule has 0 atom stereocenters. The largest absolute Gasteiger partial charge is 0.469 e. The van der Waals surface area contributed by atoms with E-state index in [1.54, 1.807) is 6.92 Å². The second-order valence-electron chi connectivity index (χ2n) is 7.77. The van der Waals surface area contributed by atoms with E-state index in [1.165, 1.54) is 28.3 Å². The second-order valence-corrected chi connectivity index (χ2v) is 7.77. The smallest absolute Gasteiger partial charge is 0.311 e. The van der Waals surface area contributed by atoms with Crippen LogP contribution in [0, 0.1) is 6.92 Å². The highest BCUT2D eigenvalue weighted by molar-refractivity contribution is 6.00. The highest BCUT2D eigenvalue weighted by Gasteiger charge is 2.20. The Hall–Kier alpha value is -3.87. The summed E-state index contributed by atoms with van der Waals surface area (Å²) < 4.78 is 6.25. The lowest BCUT2D eigenvalue weighted by atomic mass is 10.1. The molecule has 2 aromatic carbocycles. The average molecular weight is 431 g/mol. The van der Waals surface area contributed by atoms with E-state index in [-0.39, 0.29) is 12.0 Å². The first-order chi connectivity index (χ1) is 15.5. The summed E-state index contributed by atoms with van der Waals surface area (Å²) in [6, 6.07) is 15.6. The first kappa shape index (κ1) is 21.4. The van der Waals surface area contributed by atoms with E-state index >= 15 is 0 Å². The number of carbonyl (C=O) groups excluding carboxylic acids is 1. The fourth-order valence-electron chi connectivity index (χ4n) is 3.88. The summed E-state index contributed by atoms with van der Waals surface area (Å²) >= 11 is 0. The molecule has 2 heterocycles. The number of nitrogens with one attached hydrogen (secondary N) is 2. The Morgan fingerprint density at radius 1 is 1.16 bits per heavy atom. The van der Waals surface area contributed by atoms with Gasteiger partial charge in [-0.15, -0.1) is 0 Å². The fourth-order valence-corrected chi connectivity index (χ4v) is 3.88. The van der Waals surface area contributed by atoms with Crippen LogP contribution in [-0.4, -0.2) is 40.1 Å². The molecule has 0 bridgehead atoms. The number of para-hydroxylation sites is 1. The van der Waals surface area contributed by atoms with Crippen molar-refractivity contribution in [3.05, 3.63) is 87.5 Å². The number of benzene rings is 2. The minimum Gasteiger partial charge on any atom is -0.469 e. The van der Waals surface area contributed by atoms with Crippen LogP contribution in [0.3, 0.4) is 0 Å². The summed E-state index contributed by atoms with van der Waals surface area (Å²) in [5.41, 5.74) is 5.45. The Balaban J connectivity index is 1.63. The van der Waals surface area contributed by atoms with Crippen LogP contribution >= 0.6 is 0 Å². The Labute approximate surface area is 185 Å². The van der Waals surface area contributed by atoms with Gasteiger partial charge in [-0.05, 0) is 50.1 Å². The third-order valence-electron chi connectivity index (χ3n) is 5.54. The van der Waals surface area contributed by atoms with Gasteiger partial charge >= 0.3 is 5.97 Å². The van der Waals surface area contributed by atoms with Crippen LogP contribution in [0.15, 0.2) is 64.5 Å². The molecule has 0 amide bonds. The normalized spacial score (nSPS) is 11.8. The van der Waals surface area contributed by atoms with Gasteiger partial charge in [-0.25, -0.2) is 4.68 Å². The predicted molar refractivity (Wildman–Crippen MR) is 126 cm³/mol. The van der Waals surface area contributed by atoms with E-state index in [4.69, 9.17) is 4.74 Å². The van der Waals surface area contributed by atoms with Crippen LogP contribution in [0.5, 0.6) is 0 Å². The number of hydrogen-bond donors (Lipinski definition) is 2. The molecular weight excluding hydrogens is 404 g/mol. The highest BCUT2D eigenvalue weighted by Crippen LogP contribution is 2.20. The van der Waals surface area contributed by atoms with Gasteiger partial charge in [0.15, 0.2) is 0 Å². The third kappa shape index (κ3) is 4.27. The van der Waals surface area contributed by atoms with Gasteiger partial charge in [0.05, 0.1) is 30.5 Å². The number of hydrogen-bond acceptors (Lipinski definition) is 4. The lowest BCUT2D eigenvalue weighted by Gasteiger charge is -2.02. The molecule has 2 aromatic heterocycles. The molecule has 0 unspecified atom stereocenters. The molecule has 7 nitrogen and oxygen atoms in total. The van der Waals surface area contributed by atoms with Crippen molar-refractivity contribution in [3.63, 3.8) is 0 Å². The van der Waals surface area contributed by atoms with Crippen LogP contribution < -0.4 is 5.56 Å². The van der Waals surface area contributed by atoms with Crippen molar-refractivity contribution in [2.45, 2.75) is 26.7 Å². The van der Waals surface area contributed by atoms with Gasteiger partial charge in [0.25, 0.3) is 5.56 Å². The van der Waals surface area contributed by atoms with Crippen molar-refractivity contribution in [1.29, 1.82) is 0 Å². The van der Waals surface area contributed by atoms with Crippen LogP contribution in [0.4, 0.5) is 0 Å². The molecule has 0 saturated heterocycles. The van der Waals surface area contributed by atoms with E-state index in [1.807, 2.05) is 36.5 Å². The number of ether oxygens (including phenoxy) is 1. The van der Waals surface area contributed by atoms with Crippen molar-refractivity contribution < 1.29 is 9.53 Å². The number of aliphatic imine (C=N–C) groups is 1. The molecule has 7 heteroatoms. The molecule has 164 valence electrons. The first-order valence-corrected chi connectivity index (χ1v) is 10.5. The van der Waals surface area contributed by atoms with E-state index in [9.17, 15) is 9.59 Å². The molecule has 0 aliphatic carbocycles. The predicted octanol–water partition coefficient (Wildman–Crippen LogP) is 3.72. The van der Waals surface area contributed by atoms with Crippen molar-refractivity contribution >= 4 is 22.6 Å². The number of esters is 1. The number of fused-ring (bicyclic) bond motifs is 1. The first-order valence-electron chi connectivity index (χ1n) is 10.5. The molecular formula is C25H26N4O3. The van der Waals surface area contributed by atoms with Gasteiger partial charge in [-0.1, -0.05) is 29.8 Å². The minimum absolute atomic E-state index is 0.0323.